The van der Waals surface area contributed by atoms with Gasteiger partial charge in [-0.05, 0) is 44.2 Å². The quantitative estimate of drug-likeness (QED) is 0.579. The molecule has 29 heavy (non-hydrogen) atoms. The van der Waals surface area contributed by atoms with Crippen molar-refractivity contribution in [1.82, 2.24) is 4.57 Å². The lowest BCUT2D eigenvalue weighted by Crippen LogP contribution is -2.20. The lowest BCUT2D eigenvalue weighted by atomic mass is 10.2. The van der Waals surface area contributed by atoms with Crippen LogP contribution in [-0.2, 0) is 26.1 Å². The molecule has 7 nitrogen and oxygen atoms in total. The van der Waals surface area contributed by atoms with Crippen LogP contribution in [0.25, 0.3) is 10.2 Å². The van der Waals surface area contributed by atoms with Gasteiger partial charge in [-0.1, -0.05) is 29.0 Å². The highest BCUT2D eigenvalue weighted by molar-refractivity contribution is 7.90. The third kappa shape index (κ3) is 5.11. The van der Waals surface area contributed by atoms with E-state index in [9.17, 15) is 13.2 Å². The number of benzene rings is 2. The number of thiazole rings is 1. The Balaban J connectivity index is 2.12. The van der Waals surface area contributed by atoms with Crippen molar-refractivity contribution in [2.24, 2.45) is 4.40 Å². The highest BCUT2D eigenvalue weighted by atomic mass is 32.2. The molecule has 0 radical (unpaired) electrons. The number of nitrogens with one attached hydrogen (secondary N) is 1. The summed E-state index contributed by atoms with van der Waals surface area (Å²) in [5.74, 6) is -0.169. The van der Waals surface area contributed by atoms with Gasteiger partial charge in [0.15, 0.2) is 0 Å². The van der Waals surface area contributed by atoms with E-state index in [0.29, 0.717) is 30.2 Å². The molecule has 0 bridgehead atoms. The second-order valence-corrected chi connectivity index (χ2v) is 9.09. The van der Waals surface area contributed by atoms with Crippen molar-refractivity contribution in [2.45, 2.75) is 32.2 Å². The van der Waals surface area contributed by atoms with E-state index in [1.54, 1.807) is 30.3 Å². The lowest BCUT2D eigenvalue weighted by Gasteiger charge is -2.07. The molecule has 0 saturated carbocycles. The van der Waals surface area contributed by atoms with Gasteiger partial charge >= 0.3 is 0 Å². The van der Waals surface area contributed by atoms with Crippen molar-refractivity contribution >= 4 is 43.2 Å². The van der Waals surface area contributed by atoms with Gasteiger partial charge in [0.2, 0.25) is 10.7 Å². The van der Waals surface area contributed by atoms with Gasteiger partial charge in [0.25, 0.3) is 10.0 Å². The van der Waals surface area contributed by atoms with Crippen LogP contribution in [0.1, 0.15) is 19.4 Å². The first-order valence-corrected chi connectivity index (χ1v) is 11.4. The largest absolute Gasteiger partial charge is 0.380 e. The fourth-order valence-electron chi connectivity index (χ4n) is 2.81. The Hall–Kier alpha value is -2.49. The molecule has 0 fully saturated rings. The summed E-state index contributed by atoms with van der Waals surface area (Å²) in [6.45, 7) is 6.72. The molecule has 1 amide bonds. The Morgan fingerprint density at radius 1 is 1.21 bits per heavy atom. The molecular weight excluding hydrogens is 410 g/mol. The van der Waals surface area contributed by atoms with Gasteiger partial charge < -0.3 is 14.6 Å². The van der Waals surface area contributed by atoms with E-state index in [4.69, 9.17) is 4.74 Å². The topological polar surface area (TPSA) is 89.8 Å². The van der Waals surface area contributed by atoms with Crippen molar-refractivity contribution in [3.05, 3.63) is 52.8 Å². The molecule has 1 heterocycles. The minimum absolute atomic E-state index is 0.149. The highest BCUT2D eigenvalue weighted by Crippen LogP contribution is 2.23. The van der Waals surface area contributed by atoms with Crippen molar-refractivity contribution in [2.75, 3.05) is 18.5 Å². The Labute approximate surface area is 173 Å². The van der Waals surface area contributed by atoms with E-state index in [1.165, 1.54) is 18.3 Å². The van der Waals surface area contributed by atoms with E-state index in [1.807, 2.05) is 30.5 Å². The van der Waals surface area contributed by atoms with Gasteiger partial charge in [-0.2, -0.15) is 8.42 Å². The SMILES string of the molecule is CCOCCn1/c(=N/S(=O)(=O)c2ccc(C)cc2)sc2cc(NC(C)=O)ccc21. The first-order valence-electron chi connectivity index (χ1n) is 9.16. The number of carbonyl (C=O) groups is 1. The van der Waals surface area contributed by atoms with Gasteiger partial charge in [-0.3, -0.25) is 4.79 Å². The summed E-state index contributed by atoms with van der Waals surface area (Å²) in [5.41, 5.74) is 2.46. The number of amides is 1. The number of ether oxygens (including phenoxy) is 1. The van der Waals surface area contributed by atoms with Crippen molar-refractivity contribution in [1.29, 1.82) is 0 Å². The number of carbonyl (C=O) groups excluding carboxylic acids is 1. The molecule has 9 heteroatoms. The summed E-state index contributed by atoms with van der Waals surface area (Å²) in [7, 11) is -3.86. The number of aryl methyl sites for hydroxylation is 1. The molecule has 3 aromatic rings. The first-order chi connectivity index (χ1) is 13.8. The number of rotatable bonds is 7. The average Bonchev–Trinajstić information content (AvgIpc) is 2.97. The Morgan fingerprint density at radius 3 is 2.59 bits per heavy atom. The zero-order chi connectivity index (χ0) is 21.0. The van der Waals surface area contributed by atoms with Crippen LogP contribution in [0.3, 0.4) is 0 Å². The number of hydrogen-bond acceptors (Lipinski definition) is 5. The van der Waals surface area contributed by atoms with Gasteiger partial charge in [0.1, 0.15) is 0 Å². The normalized spacial score (nSPS) is 12.4. The molecule has 0 aliphatic carbocycles. The summed E-state index contributed by atoms with van der Waals surface area (Å²) < 4.78 is 37.9. The van der Waals surface area contributed by atoms with Gasteiger partial charge in [0.05, 0.1) is 21.7 Å². The third-order valence-electron chi connectivity index (χ3n) is 4.18. The van der Waals surface area contributed by atoms with E-state index in [-0.39, 0.29) is 10.8 Å². The second-order valence-electron chi connectivity index (χ2n) is 6.48. The monoisotopic (exact) mass is 433 g/mol. The molecule has 154 valence electrons. The van der Waals surface area contributed by atoms with Crippen molar-refractivity contribution in [3.8, 4) is 0 Å². The number of anilines is 1. The van der Waals surface area contributed by atoms with E-state index < -0.39 is 10.0 Å². The number of fused-ring (bicyclic) bond motifs is 1. The number of nitrogens with zero attached hydrogens (tertiary/aromatic N) is 2. The lowest BCUT2D eigenvalue weighted by molar-refractivity contribution is -0.114. The molecule has 0 aliphatic rings. The van der Waals surface area contributed by atoms with Crippen LogP contribution in [-0.4, -0.2) is 32.1 Å². The number of sulfonamides is 1. The maximum Gasteiger partial charge on any atom is 0.285 e. The smallest absolute Gasteiger partial charge is 0.285 e. The molecule has 0 spiro atoms. The Morgan fingerprint density at radius 2 is 1.93 bits per heavy atom. The zero-order valence-corrected chi connectivity index (χ0v) is 18.1. The second kappa shape index (κ2) is 8.89. The molecule has 1 N–H and O–H groups in total. The predicted octanol–water partition coefficient (Wildman–Crippen LogP) is 3.30. The van der Waals surface area contributed by atoms with Crippen LogP contribution >= 0.6 is 11.3 Å². The van der Waals surface area contributed by atoms with Crippen LogP contribution < -0.4 is 10.1 Å². The fourth-order valence-corrected chi connectivity index (χ4v) is 5.10. The first kappa shape index (κ1) is 21.2. The summed E-state index contributed by atoms with van der Waals surface area (Å²) in [6.07, 6.45) is 0. The van der Waals surface area contributed by atoms with Crippen LogP contribution in [0.4, 0.5) is 5.69 Å². The fraction of sp³-hybridized carbons (Fsp3) is 0.300. The van der Waals surface area contributed by atoms with Gasteiger partial charge in [-0.15, -0.1) is 4.40 Å². The zero-order valence-electron chi connectivity index (χ0n) is 16.5. The maximum atomic E-state index is 12.8. The minimum Gasteiger partial charge on any atom is -0.380 e. The molecule has 3 rings (SSSR count). The van der Waals surface area contributed by atoms with Gasteiger partial charge in [0, 0.05) is 25.8 Å². The van der Waals surface area contributed by atoms with E-state index in [2.05, 4.69) is 9.71 Å². The van der Waals surface area contributed by atoms with Crippen LogP contribution in [0, 0.1) is 6.92 Å². The number of hydrogen-bond donors (Lipinski definition) is 1. The molecule has 2 aromatic carbocycles. The molecule has 0 atom stereocenters. The summed E-state index contributed by atoms with van der Waals surface area (Å²) in [6, 6.07) is 12.1. The summed E-state index contributed by atoms with van der Waals surface area (Å²) >= 11 is 1.26. The van der Waals surface area contributed by atoms with Gasteiger partial charge in [-0.25, -0.2) is 0 Å². The molecule has 0 unspecified atom stereocenters. The maximum absolute atomic E-state index is 12.8. The van der Waals surface area contributed by atoms with Crippen molar-refractivity contribution < 1.29 is 17.9 Å². The highest BCUT2D eigenvalue weighted by Gasteiger charge is 2.15. The van der Waals surface area contributed by atoms with Crippen LogP contribution in [0.2, 0.25) is 0 Å². The molecule has 0 aliphatic heterocycles. The molecular formula is C20H23N3O4S2. The van der Waals surface area contributed by atoms with E-state index >= 15 is 0 Å². The standard InChI is InChI=1S/C20H23N3O4S2/c1-4-27-12-11-23-18-10-7-16(21-15(3)24)13-19(18)28-20(23)22-29(25,26)17-8-5-14(2)6-9-17/h5-10,13H,4,11-12H2,1-3H3,(H,21,24)/b22-20-. The Bertz CT molecular complexity index is 1190. The van der Waals surface area contributed by atoms with E-state index in [0.717, 1.165) is 15.8 Å². The summed E-state index contributed by atoms with van der Waals surface area (Å²) in [4.78, 5) is 11.8. The third-order valence-corrected chi connectivity index (χ3v) is 6.62. The van der Waals surface area contributed by atoms with Crippen LogP contribution in [0.15, 0.2) is 51.8 Å². The molecule has 1 aromatic heterocycles. The minimum atomic E-state index is -3.86. The van der Waals surface area contributed by atoms with Crippen LogP contribution in [0.5, 0.6) is 0 Å². The van der Waals surface area contributed by atoms with Crippen molar-refractivity contribution in [3.63, 3.8) is 0 Å². The summed E-state index contributed by atoms with van der Waals surface area (Å²) in [5, 5.41) is 2.74. The average molecular weight is 434 g/mol. The predicted molar refractivity (Wildman–Crippen MR) is 115 cm³/mol. The number of aromatic nitrogens is 1. The Kier molecular flexibility index (Phi) is 6.51. The molecule has 0 saturated heterocycles.